The molecule has 3 heteroatoms. The van der Waals surface area contributed by atoms with Gasteiger partial charge in [0.25, 0.3) is 0 Å². The minimum absolute atomic E-state index is 0.205. The molecule has 3 N–H and O–H groups in total. The Morgan fingerprint density at radius 1 is 1.33 bits per heavy atom. The lowest BCUT2D eigenvalue weighted by molar-refractivity contribution is 0.105. The van der Waals surface area contributed by atoms with Crippen LogP contribution in [0.3, 0.4) is 0 Å². The van der Waals surface area contributed by atoms with Crippen LogP contribution >= 0.6 is 0 Å². The summed E-state index contributed by atoms with van der Waals surface area (Å²) in [4.78, 5) is 0. The van der Waals surface area contributed by atoms with E-state index in [4.69, 9.17) is 5.11 Å². The van der Waals surface area contributed by atoms with Gasteiger partial charge in [0.15, 0.2) is 0 Å². The van der Waals surface area contributed by atoms with Crippen LogP contribution in [0, 0.1) is 0 Å². The molecule has 0 saturated heterocycles. The quantitative estimate of drug-likeness (QED) is 0.664. The molecule has 1 aromatic rings. The number of aryl methyl sites for hydroxylation is 1. The van der Waals surface area contributed by atoms with Crippen molar-refractivity contribution in [3.05, 3.63) is 29.8 Å². The predicted molar refractivity (Wildman–Crippen MR) is 62.0 cm³/mol. The van der Waals surface area contributed by atoms with Crippen LogP contribution < -0.4 is 5.32 Å². The van der Waals surface area contributed by atoms with E-state index in [-0.39, 0.29) is 6.61 Å². The Kier molecular flexibility index (Phi) is 5.15. The average Bonchev–Trinajstić information content (AvgIpc) is 2.28. The van der Waals surface area contributed by atoms with Gasteiger partial charge in [-0.2, -0.15) is 0 Å². The molecule has 0 aliphatic carbocycles. The first-order chi connectivity index (χ1) is 7.27. The van der Waals surface area contributed by atoms with Gasteiger partial charge in [-0.1, -0.05) is 31.5 Å². The summed E-state index contributed by atoms with van der Waals surface area (Å²) in [6.45, 7) is 2.32. The minimum Gasteiger partial charge on any atom is -0.394 e. The smallest absolute Gasteiger partial charge is 0.0942 e. The van der Waals surface area contributed by atoms with Gasteiger partial charge in [-0.25, -0.2) is 0 Å². The van der Waals surface area contributed by atoms with Crippen molar-refractivity contribution < 1.29 is 10.2 Å². The summed E-state index contributed by atoms with van der Waals surface area (Å²) in [6, 6.07) is 8.05. The predicted octanol–water partition coefficient (Wildman–Crippen LogP) is 1.40. The summed E-state index contributed by atoms with van der Waals surface area (Å²) in [6.07, 6.45) is 1.43. The van der Waals surface area contributed by atoms with Crippen LogP contribution in [0.2, 0.25) is 0 Å². The summed E-state index contributed by atoms with van der Waals surface area (Å²) in [7, 11) is 0. The Morgan fingerprint density at radius 2 is 2.07 bits per heavy atom. The van der Waals surface area contributed by atoms with Crippen molar-refractivity contribution in [1.29, 1.82) is 0 Å². The highest BCUT2D eigenvalue weighted by Gasteiger charge is 2.03. The molecule has 0 aromatic heterocycles. The standard InChI is InChI=1S/C12H19NO2/c1-2-5-10-6-3-4-7-12(10)13-8-11(15)9-14/h3-4,6-7,11,13-15H,2,5,8-9H2,1H3/t11-/m0/s1. The van der Waals surface area contributed by atoms with Crippen molar-refractivity contribution in [2.45, 2.75) is 25.9 Å². The number of aliphatic hydroxyl groups is 2. The molecule has 0 saturated carbocycles. The molecule has 0 heterocycles. The first-order valence-electron chi connectivity index (χ1n) is 5.38. The molecular weight excluding hydrogens is 190 g/mol. The van der Waals surface area contributed by atoms with Crippen LogP contribution in [0.15, 0.2) is 24.3 Å². The Balaban J connectivity index is 2.58. The molecule has 0 bridgehead atoms. The van der Waals surface area contributed by atoms with Gasteiger partial charge < -0.3 is 15.5 Å². The fraction of sp³-hybridized carbons (Fsp3) is 0.500. The second kappa shape index (κ2) is 6.43. The van der Waals surface area contributed by atoms with E-state index in [0.29, 0.717) is 6.54 Å². The minimum atomic E-state index is -0.695. The maximum absolute atomic E-state index is 9.23. The molecule has 0 aliphatic rings. The number of aliphatic hydroxyl groups excluding tert-OH is 2. The number of anilines is 1. The van der Waals surface area contributed by atoms with Crippen LogP contribution in [-0.2, 0) is 6.42 Å². The average molecular weight is 209 g/mol. The van der Waals surface area contributed by atoms with E-state index >= 15 is 0 Å². The van der Waals surface area contributed by atoms with Gasteiger partial charge in [-0.3, -0.25) is 0 Å². The van der Waals surface area contributed by atoms with Crippen molar-refractivity contribution >= 4 is 5.69 Å². The molecule has 15 heavy (non-hydrogen) atoms. The molecule has 0 unspecified atom stereocenters. The molecule has 0 aliphatic heterocycles. The molecule has 1 rings (SSSR count). The third kappa shape index (κ3) is 3.90. The maximum Gasteiger partial charge on any atom is 0.0942 e. The Labute approximate surface area is 90.8 Å². The highest BCUT2D eigenvalue weighted by atomic mass is 16.3. The Hall–Kier alpha value is -1.06. The fourth-order valence-corrected chi connectivity index (χ4v) is 1.47. The lowest BCUT2D eigenvalue weighted by Gasteiger charge is -2.13. The number of hydrogen-bond donors (Lipinski definition) is 3. The third-order valence-electron chi connectivity index (χ3n) is 2.28. The molecule has 1 atom stereocenters. The van der Waals surface area contributed by atoms with Crippen molar-refractivity contribution in [2.24, 2.45) is 0 Å². The van der Waals surface area contributed by atoms with E-state index in [2.05, 4.69) is 18.3 Å². The SMILES string of the molecule is CCCc1ccccc1NC[C@H](O)CO. The summed E-state index contributed by atoms with van der Waals surface area (Å²) < 4.78 is 0. The van der Waals surface area contributed by atoms with Gasteiger partial charge in [0.05, 0.1) is 12.7 Å². The molecule has 84 valence electrons. The van der Waals surface area contributed by atoms with Crippen molar-refractivity contribution in [1.82, 2.24) is 0 Å². The van der Waals surface area contributed by atoms with Crippen molar-refractivity contribution in [3.63, 3.8) is 0 Å². The van der Waals surface area contributed by atoms with Gasteiger partial charge in [-0.15, -0.1) is 0 Å². The lowest BCUT2D eigenvalue weighted by atomic mass is 10.1. The van der Waals surface area contributed by atoms with Crippen molar-refractivity contribution in [3.8, 4) is 0 Å². The lowest BCUT2D eigenvalue weighted by Crippen LogP contribution is -2.23. The van der Waals surface area contributed by atoms with Crippen LogP contribution in [-0.4, -0.2) is 29.5 Å². The molecule has 3 nitrogen and oxygen atoms in total. The van der Waals surface area contributed by atoms with Gasteiger partial charge in [0.2, 0.25) is 0 Å². The molecule has 0 radical (unpaired) electrons. The summed E-state index contributed by atoms with van der Waals surface area (Å²) >= 11 is 0. The number of hydrogen-bond acceptors (Lipinski definition) is 3. The van der Waals surface area contributed by atoms with E-state index in [0.717, 1.165) is 18.5 Å². The summed E-state index contributed by atoms with van der Waals surface area (Å²) in [5, 5.41) is 21.1. The number of nitrogens with one attached hydrogen (secondary N) is 1. The number of benzene rings is 1. The first-order valence-corrected chi connectivity index (χ1v) is 5.38. The zero-order valence-corrected chi connectivity index (χ0v) is 9.11. The molecule has 0 fully saturated rings. The van der Waals surface area contributed by atoms with E-state index in [1.807, 2.05) is 18.2 Å². The second-order valence-electron chi connectivity index (χ2n) is 3.62. The summed E-state index contributed by atoms with van der Waals surface area (Å²) in [5.41, 5.74) is 2.30. The fourth-order valence-electron chi connectivity index (χ4n) is 1.47. The van der Waals surface area contributed by atoms with Gasteiger partial charge in [0, 0.05) is 12.2 Å². The number of rotatable bonds is 6. The highest BCUT2D eigenvalue weighted by Crippen LogP contribution is 2.16. The van der Waals surface area contributed by atoms with E-state index in [9.17, 15) is 5.11 Å². The largest absolute Gasteiger partial charge is 0.394 e. The van der Waals surface area contributed by atoms with Crippen molar-refractivity contribution in [2.75, 3.05) is 18.5 Å². The first kappa shape index (κ1) is 12.0. The third-order valence-corrected chi connectivity index (χ3v) is 2.28. The van der Waals surface area contributed by atoms with E-state index < -0.39 is 6.10 Å². The second-order valence-corrected chi connectivity index (χ2v) is 3.62. The Bertz CT molecular complexity index is 289. The van der Waals surface area contributed by atoms with E-state index in [1.165, 1.54) is 5.56 Å². The Morgan fingerprint density at radius 3 is 2.73 bits per heavy atom. The highest BCUT2D eigenvalue weighted by molar-refractivity contribution is 5.51. The molecule has 1 aromatic carbocycles. The zero-order valence-electron chi connectivity index (χ0n) is 9.11. The zero-order chi connectivity index (χ0) is 11.1. The van der Waals surface area contributed by atoms with Gasteiger partial charge in [-0.05, 0) is 18.1 Å². The van der Waals surface area contributed by atoms with Crippen LogP contribution in [0.5, 0.6) is 0 Å². The van der Waals surface area contributed by atoms with Crippen LogP contribution in [0.4, 0.5) is 5.69 Å². The van der Waals surface area contributed by atoms with Crippen LogP contribution in [0.1, 0.15) is 18.9 Å². The molecule has 0 amide bonds. The summed E-state index contributed by atoms with van der Waals surface area (Å²) in [5.74, 6) is 0. The van der Waals surface area contributed by atoms with E-state index in [1.54, 1.807) is 0 Å². The van der Waals surface area contributed by atoms with Gasteiger partial charge in [0.1, 0.15) is 0 Å². The monoisotopic (exact) mass is 209 g/mol. The maximum atomic E-state index is 9.23. The van der Waals surface area contributed by atoms with Crippen LogP contribution in [0.25, 0.3) is 0 Å². The molecular formula is C12H19NO2. The normalized spacial score (nSPS) is 12.5. The topological polar surface area (TPSA) is 52.5 Å². The number of para-hydroxylation sites is 1. The van der Waals surface area contributed by atoms with Gasteiger partial charge >= 0.3 is 0 Å². The molecule has 0 spiro atoms.